The average Bonchev–Trinajstić information content (AvgIpc) is 2.38. The summed E-state index contributed by atoms with van der Waals surface area (Å²) < 4.78 is 5.44. The highest BCUT2D eigenvalue weighted by Gasteiger charge is 2.27. The average molecular weight is 235 g/mol. The number of anilines is 1. The largest absolute Gasteiger partial charge is 0.381 e. The van der Waals surface area contributed by atoms with Crippen LogP contribution in [-0.4, -0.2) is 37.3 Å². The summed E-state index contributed by atoms with van der Waals surface area (Å²) in [4.78, 5) is 6.61. The molecule has 1 aliphatic rings. The molecule has 17 heavy (non-hydrogen) atoms. The Balaban J connectivity index is 2.15. The first-order valence-electron chi connectivity index (χ1n) is 6.16. The lowest BCUT2D eigenvalue weighted by Gasteiger charge is -2.40. The van der Waals surface area contributed by atoms with E-state index in [4.69, 9.17) is 10.5 Å². The van der Waals surface area contributed by atoms with Gasteiger partial charge in [0, 0.05) is 43.8 Å². The Labute approximate surface area is 103 Å². The van der Waals surface area contributed by atoms with Crippen LogP contribution in [0.5, 0.6) is 0 Å². The van der Waals surface area contributed by atoms with Gasteiger partial charge in [0.05, 0.1) is 6.10 Å². The number of hydrogen-bond donors (Lipinski definition) is 1. The van der Waals surface area contributed by atoms with Crippen molar-refractivity contribution < 1.29 is 4.74 Å². The van der Waals surface area contributed by atoms with Crippen LogP contribution in [0.4, 0.5) is 5.69 Å². The number of aromatic nitrogens is 1. The molecule has 0 spiro atoms. The Morgan fingerprint density at radius 2 is 2.41 bits per heavy atom. The number of pyridine rings is 1. The molecular formula is C13H21N3O. The zero-order valence-electron chi connectivity index (χ0n) is 10.6. The SMILES string of the molecule is COC1CCN(c2ccnc(C)c2)C(CN)C1. The van der Waals surface area contributed by atoms with Gasteiger partial charge in [-0.25, -0.2) is 0 Å². The predicted molar refractivity (Wildman–Crippen MR) is 69.2 cm³/mol. The van der Waals surface area contributed by atoms with Crippen LogP contribution in [0, 0.1) is 6.92 Å². The molecule has 2 atom stereocenters. The summed E-state index contributed by atoms with van der Waals surface area (Å²) in [6.07, 6.45) is 4.28. The van der Waals surface area contributed by atoms with E-state index >= 15 is 0 Å². The topological polar surface area (TPSA) is 51.4 Å². The first-order valence-corrected chi connectivity index (χ1v) is 6.16. The number of hydrogen-bond acceptors (Lipinski definition) is 4. The van der Waals surface area contributed by atoms with Crippen LogP contribution in [-0.2, 0) is 4.74 Å². The maximum Gasteiger partial charge on any atom is 0.0608 e. The normalized spacial score (nSPS) is 25.0. The minimum absolute atomic E-state index is 0.350. The highest BCUT2D eigenvalue weighted by molar-refractivity contribution is 5.48. The van der Waals surface area contributed by atoms with E-state index < -0.39 is 0 Å². The van der Waals surface area contributed by atoms with Gasteiger partial charge in [-0.2, -0.15) is 0 Å². The highest BCUT2D eigenvalue weighted by Crippen LogP contribution is 2.25. The van der Waals surface area contributed by atoms with Crippen LogP contribution in [0.2, 0.25) is 0 Å². The van der Waals surface area contributed by atoms with Crippen molar-refractivity contribution in [1.29, 1.82) is 0 Å². The van der Waals surface area contributed by atoms with Crippen molar-refractivity contribution in [2.24, 2.45) is 5.73 Å². The molecule has 0 saturated carbocycles. The third-order valence-electron chi connectivity index (χ3n) is 3.49. The number of methoxy groups -OCH3 is 1. The third-order valence-corrected chi connectivity index (χ3v) is 3.49. The van der Waals surface area contributed by atoms with E-state index in [0.29, 0.717) is 18.7 Å². The fraction of sp³-hybridized carbons (Fsp3) is 0.615. The molecule has 1 aromatic rings. The van der Waals surface area contributed by atoms with Crippen molar-refractivity contribution in [2.45, 2.75) is 31.9 Å². The van der Waals surface area contributed by atoms with E-state index in [0.717, 1.165) is 25.1 Å². The maximum atomic E-state index is 5.87. The molecule has 2 heterocycles. The lowest BCUT2D eigenvalue weighted by atomic mass is 9.98. The summed E-state index contributed by atoms with van der Waals surface area (Å²) in [5.41, 5.74) is 8.15. The van der Waals surface area contributed by atoms with E-state index in [-0.39, 0.29) is 0 Å². The van der Waals surface area contributed by atoms with Crippen molar-refractivity contribution in [3.63, 3.8) is 0 Å². The number of piperidine rings is 1. The van der Waals surface area contributed by atoms with Crippen molar-refractivity contribution in [3.05, 3.63) is 24.0 Å². The molecule has 2 unspecified atom stereocenters. The molecule has 4 nitrogen and oxygen atoms in total. The molecule has 0 bridgehead atoms. The molecule has 0 aromatic carbocycles. The van der Waals surface area contributed by atoms with Gasteiger partial charge in [-0.05, 0) is 31.9 Å². The predicted octanol–water partition coefficient (Wildman–Crippen LogP) is 1.33. The maximum absolute atomic E-state index is 5.87. The van der Waals surface area contributed by atoms with Crippen LogP contribution in [0.3, 0.4) is 0 Å². The van der Waals surface area contributed by atoms with Crippen LogP contribution in [0.15, 0.2) is 18.3 Å². The van der Waals surface area contributed by atoms with E-state index in [2.05, 4.69) is 22.0 Å². The van der Waals surface area contributed by atoms with Crippen molar-refractivity contribution >= 4 is 5.69 Å². The standard InChI is InChI=1S/C13H21N3O/c1-10-7-11(3-5-15-10)16-6-4-13(17-2)8-12(16)9-14/h3,5,7,12-13H,4,6,8-9,14H2,1-2H3. The second-order valence-corrected chi connectivity index (χ2v) is 4.62. The molecule has 0 radical (unpaired) electrons. The molecule has 2 rings (SSSR count). The van der Waals surface area contributed by atoms with Gasteiger partial charge >= 0.3 is 0 Å². The van der Waals surface area contributed by atoms with E-state index in [1.165, 1.54) is 5.69 Å². The lowest BCUT2D eigenvalue weighted by Crippen LogP contribution is -2.48. The molecule has 1 saturated heterocycles. The molecule has 1 aromatic heterocycles. The van der Waals surface area contributed by atoms with Gasteiger partial charge in [-0.3, -0.25) is 4.98 Å². The van der Waals surface area contributed by atoms with Gasteiger partial charge in [0.1, 0.15) is 0 Å². The van der Waals surface area contributed by atoms with Gasteiger partial charge in [-0.1, -0.05) is 0 Å². The Hall–Kier alpha value is -1.13. The molecule has 1 fully saturated rings. The van der Waals surface area contributed by atoms with Gasteiger partial charge in [-0.15, -0.1) is 0 Å². The summed E-state index contributed by atoms with van der Waals surface area (Å²) in [7, 11) is 1.78. The van der Waals surface area contributed by atoms with Crippen LogP contribution in [0.1, 0.15) is 18.5 Å². The molecule has 2 N–H and O–H groups in total. The second-order valence-electron chi connectivity index (χ2n) is 4.62. The van der Waals surface area contributed by atoms with Crippen molar-refractivity contribution in [2.75, 3.05) is 25.1 Å². The number of aryl methyl sites for hydroxylation is 1. The smallest absolute Gasteiger partial charge is 0.0608 e. The summed E-state index contributed by atoms with van der Waals surface area (Å²) in [6.45, 7) is 3.69. The Morgan fingerprint density at radius 3 is 3.06 bits per heavy atom. The van der Waals surface area contributed by atoms with E-state index in [9.17, 15) is 0 Å². The molecule has 4 heteroatoms. The fourth-order valence-electron chi connectivity index (χ4n) is 2.50. The zero-order valence-corrected chi connectivity index (χ0v) is 10.6. The number of ether oxygens (including phenoxy) is 1. The highest BCUT2D eigenvalue weighted by atomic mass is 16.5. The van der Waals surface area contributed by atoms with Gasteiger partial charge < -0.3 is 15.4 Å². The van der Waals surface area contributed by atoms with Crippen LogP contribution in [0.25, 0.3) is 0 Å². The van der Waals surface area contributed by atoms with Crippen LogP contribution >= 0.6 is 0 Å². The van der Waals surface area contributed by atoms with E-state index in [1.54, 1.807) is 7.11 Å². The molecule has 0 aliphatic carbocycles. The second kappa shape index (κ2) is 5.47. The van der Waals surface area contributed by atoms with Gasteiger partial charge in [0.25, 0.3) is 0 Å². The number of nitrogens with two attached hydrogens (primary N) is 1. The Morgan fingerprint density at radius 1 is 1.59 bits per heavy atom. The first kappa shape index (κ1) is 12.3. The summed E-state index contributed by atoms with van der Waals surface area (Å²) >= 11 is 0. The monoisotopic (exact) mass is 235 g/mol. The van der Waals surface area contributed by atoms with Gasteiger partial charge in [0.15, 0.2) is 0 Å². The van der Waals surface area contributed by atoms with Gasteiger partial charge in [0.2, 0.25) is 0 Å². The third kappa shape index (κ3) is 2.76. The minimum atomic E-state index is 0.350. The van der Waals surface area contributed by atoms with Crippen molar-refractivity contribution in [3.8, 4) is 0 Å². The van der Waals surface area contributed by atoms with Crippen LogP contribution < -0.4 is 10.6 Å². The Kier molecular flexibility index (Phi) is 3.97. The minimum Gasteiger partial charge on any atom is -0.381 e. The first-order chi connectivity index (χ1) is 8.24. The molecular weight excluding hydrogens is 214 g/mol. The number of rotatable bonds is 3. The number of nitrogens with zero attached hydrogens (tertiary/aromatic N) is 2. The summed E-state index contributed by atoms with van der Waals surface area (Å²) in [5.74, 6) is 0. The summed E-state index contributed by atoms with van der Waals surface area (Å²) in [6, 6.07) is 4.55. The lowest BCUT2D eigenvalue weighted by molar-refractivity contribution is 0.0709. The molecule has 0 amide bonds. The fourth-order valence-corrected chi connectivity index (χ4v) is 2.50. The quantitative estimate of drug-likeness (QED) is 0.859. The Bertz CT molecular complexity index is 369. The zero-order chi connectivity index (χ0) is 12.3. The van der Waals surface area contributed by atoms with E-state index in [1.807, 2.05) is 13.1 Å². The molecule has 94 valence electrons. The molecule has 1 aliphatic heterocycles. The van der Waals surface area contributed by atoms with Crippen molar-refractivity contribution in [1.82, 2.24) is 4.98 Å². The summed E-state index contributed by atoms with van der Waals surface area (Å²) in [5, 5.41) is 0.